The molecule has 1 aromatic carbocycles. The van der Waals surface area contributed by atoms with Crippen LogP contribution in [0.1, 0.15) is 12.0 Å². The largest absolute Gasteiger partial charge is 0.385 e. The molecule has 0 bridgehead atoms. The Labute approximate surface area is 96.3 Å². The molecular weight excluding hydrogens is 220 g/mol. The van der Waals surface area contributed by atoms with Gasteiger partial charge in [0, 0.05) is 12.2 Å². The second-order valence-corrected chi connectivity index (χ2v) is 4.07. The van der Waals surface area contributed by atoms with E-state index < -0.39 is 11.4 Å². The normalized spacial score (nSPS) is 14.1. The highest BCUT2D eigenvalue weighted by molar-refractivity contribution is 5.58. The van der Waals surface area contributed by atoms with E-state index in [2.05, 4.69) is 15.5 Å². The van der Waals surface area contributed by atoms with Gasteiger partial charge in [0.05, 0.1) is 5.69 Å². The van der Waals surface area contributed by atoms with E-state index in [-0.39, 0.29) is 0 Å². The maximum atomic E-state index is 11.5. The summed E-state index contributed by atoms with van der Waals surface area (Å²) in [6.45, 7) is 0.925. The van der Waals surface area contributed by atoms with Crippen molar-refractivity contribution in [2.45, 2.75) is 12.8 Å². The fourth-order valence-corrected chi connectivity index (χ4v) is 2.13. The van der Waals surface area contributed by atoms with Crippen LogP contribution in [-0.4, -0.2) is 21.3 Å². The summed E-state index contributed by atoms with van der Waals surface area (Å²) in [5.74, 6) is 0. The molecule has 17 heavy (non-hydrogen) atoms. The van der Waals surface area contributed by atoms with Gasteiger partial charge >= 0.3 is 11.4 Å². The van der Waals surface area contributed by atoms with Gasteiger partial charge in [-0.15, -0.1) is 0 Å². The van der Waals surface area contributed by atoms with Crippen molar-refractivity contribution in [1.29, 1.82) is 0 Å². The minimum absolute atomic E-state index is 0.453. The molecule has 0 spiro atoms. The lowest BCUT2D eigenvalue weighted by Gasteiger charge is -2.18. The molecule has 1 aromatic heterocycles. The Hall–Kier alpha value is -2.24. The molecule has 0 amide bonds. The summed E-state index contributed by atoms with van der Waals surface area (Å²) in [5, 5.41) is 7.80. The van der Waals surface area contributed by atoms with Gasteiger partial charge in [-0.25, -0.2) is 24.4 Å². The highest BCUT2D eigenvalue weighted by Crippen LogP contribution is 2.23. The number of hydrogen-bond acceptors (Lipinski definition) is 3. The summed E-state index contributed by atoms with van der Waals surface area (Å²) in [6.07, 6.45) is 2.14. The van der Waals surface area contributed by atoms with Crippen LogP contribution in [0.4, 0.5) is 5.69 Å². The van der Waals surface area contributed by atoms with Crippen LogP contribution in [0.25, 0.3) is 5.69 Å². The van der Waals surface area contributed by atoms with Crippen molar-refractivity contribution in [2.75, 3.05) is 11.9 Å². The van der Waals surface area contributed by atoms with Crippen molar-refractivity contribution in [1.82, 2.24) is 14.8 Å². The molecule has 2 heterocycles. The van der Waals surface area contributed by atoms with E-state index >= 15 is 0 Å². The van der Waals surface area contributed by atoms with Gasteiger partial charge in [-0.05, 0) is 30.5 Å². The number of aryl methyl sites for hydroxylation is 1. The maximum Gasteiger partial charge on any atom is 0.348 e. The quantitative estimate of drug-likeness (QED) is 0.657. The number of H-pyrrole nitrogens is 2. The molecule has 0 aliphatic carbocycles. The van der Waals surface area contributed by atoms with Crippen molar-refractivity contribution in [2.24, 2.45) is 0 Å². The minimum atomic E-state index is -0.453. The molecular formula is C11H12N4O2. The topological polar surface area (TPSA) is 82.7 Å². The molecule has 0 atom stereocenters. The van der Waals surface area contributed by atoms with Crippen LogP contribution in [0.15, 0.2) is 27.8 Å². The third-order valence-corrected chi connectivity index (χ3v) is 2.97. The summed E-state index contributed by atoms with van der Waals surface area (Å²) in [7, 11) is 0. The zero-order valence-corrected chi connectivity index (χ0v) is 9.12. The summed E-state index contributed by atoms with van der Waals surface area (Å²) < 4.78 is 1.08. The molecule has 0 saturated heterocycles. The molecule has 0 radical (unpaired) electrons. The SMILES string of the molecule is O=c1[nH][nH]c(=O)n1-c1ccc2c(c1)NCCC2. The zero-order chi connectivity index (χ0) is 11.8. The monoisotopic (exact) mass is 232 g/mol. The average molecular weight is 232 g/mol. The molecule has 1 aliphatic rings. The van der Waals surface area contributed by atoms with Crippen LogP contribution in [-0.2, 0) is 6.42 Å². The predicted octanol–water partition coefficient (Wildman–Crippen LogP) is 0.212. The Bertz CT molecular complexity index is 637. The molecule has 0 saturated carbocycles. The maximum absolute atomic E-state index is 11.5. The lowest BCUT2D eigenvalue weighted by atomic mass is 10.0. The number of fused-ring (bicyclic) bond motifs is 1. The van der Waals surface area contributed by atoms with Gasteiger partial charge < -0.3 is 5.32 Å². The van der Waals surface area contributed by atoms with E-state index in [1.54, 1.807) is 6.07 Å². The van der Waals surface area contributed by atoms with Crippen molar-refractivity contribution in [3.8, 4) is 5.69 Å². The van der Waals surface area contributed by atoms with Crippen LogP contribution in [0.5, 0.6) is 0 Å². The molecule has 0 unspecified atom stereocenters. The fraction of sp³-hybridized carbons (Fsp3) is 0.273. The minimum Gasteiger partial charge on any atom is -0.385 e. The number of rotatable bonds is 1. The van der Waals surface area contributed by atoms with Gasteiger partial charge in [0.25, 0.3) is 0 Å². The number of nitrogens with zero attached hydrogens (tertiary/aromatic N) is 1. The van der Waals surface area contributed by atoms with E-state index in [4.69, 9.17) is 0 Å². The Balaban J connectivity index is 2.17. The molecule has 6 nitrogen and oxygen atoms in total. The summed E-state index contributed by atoms with van der Waals surface area (Å²) in [6, 6.07) is 5.57. The van der Waals surface area contributed by atoms with Gasteiger partial charge in [0.1, 0.15) is 0 Å². The molecule has 3 N–H and O–H groups in total. The van der Waals surface area contributed by atoms with Crippen LogP contribution in [0, 0.1) is 0 Å². The van der Waals surface area contributed by atoms with Crippen molar-refractivity contribution >= 4 is 5.69 Å². The predicted molar refractivity (Wildman–Crippen MR) is 63.8 cm³/mol. The van der Waals surface area contributed by atoms with E-state index in [0.717, 1.165) is 29.6 Å². The van der Waals surface area contributed by atoms with Gasteiger partial charge in [-0.3, -0.25) is 0 Å². The van der Waals surface area contributed by atoms with Gasteiger partial charge in [0.15, 0.2) is 0 Å². The first-order chi connectivity index (χ1) is 8.25. The van der Waals surface area contributed by atoms with E-state index in [9.17, 15) is 9.59 Å². The van der Waals surface area contributed by atoms with Crippen molar-refractivity contribution < 1.29 is 0 Å². The van der Waals surface area contributed by atoms with Crippen LogP contribution >= 0.6 is 0 Å². The molecule has 0 fully saturated rings. The van der Waals surface area contributed by atoms with Crippen LogP contribution in [0.2, 0.25) is 0 Å². The molecule has 3 rings (SSSR count). The van der Waals surface area contributed by atoms with Crippen LogP contribution in [0.3, 0.4) is 0 Å². The van der Waals surface area contributed by atoms with Crippen molar-refractivity contribution in [3.63, 3.8) is 0 Å². The number of hydrogen-bond donors (Lipinski definition) is 3. The fourth-order valence-electron chi connectivity index (χ4n) is 2.13. The summed E-state index contributed by atoms with van der Waals surface area (Å²) in [5.41, 5.74) is 1.89. The Morgan fingerprint density at radius 1 is 1.12 bits per heavy atom. The average Bonchev–Trinajstić information content (AvgIpc) is 2.68. The lowest BCUT2D eigenvalue weighted by Crippen LogP contribution is -2.25. The summed E-state index contributed by atoms with van der Waals surface area (Å²) >= 11 is 0. The van der Waals surface area contributed by atoms with E-state index in [1.165, 1.54) is 5.56 Å². The number of benzene rings is 1. The standard InChI is InChI=1S/C11H12N4O2/c16-10-13-14-11(17)15(10)8-4-3-7-2-1-5-12-9(7)6-8/h3-4,6,12H,1-2,5H2,(H,13,16)(H,14,17). The molecule has 88 valence electrons. The van der Waals surface area contributed by atoms with Gasteiger partial charge in [-0.1, -0.05) is 6.07 Å². The number of aromatic amines is 2. The first kappa shape index (κ1) is 9.95. The number of anilines is 1. The smallest absolute Gasteiger partial charge is 0.348 e. The van der Waals surface area contributed by atoms with E-state index in [0.29, 0.717) is 5.69 Å². The second kappa shape index (κ2) is 3.65. The third-order valence-electron chi connectivity index (χ3n) is 2.97. The highest BCUT2D eigenvalue weighted by Gasteiger charge is 2.11. The Kier molecular flexibility index (Phi) is 2.14. The Morgan fingerprint density at radius 2 is 1.88 bits per heavy atom. The highest BCUT2D eigenvalue weighted by atomic mass is 16.2. The van der Waals surface area contributed by atoms with E-state index in [1.807, 2.05) is 12.1 Å². The van der Waals surface area contributed by atoms with Gasteiger partial charge in [0.2, 0.25) is 0 Å². The van der Waals surface area contributed by atoms with Crippen molar-refractivity contribution in [3.05, 3.63) is 44.7 Å². The lowest BCUT2D eigenvalue weighted by molar-refractivity contribution is 0.827. The zero-order valence-electron chi connectivity index (χ0n) is 9.12. The second-order valence-electron chi connectivity index (χ2n) is 4.07. The number of aromatic nitrogens is 3. The summed E-state index contributed by atoms with van der Waals surface area (Å²) in [4.78, 5) is 22.9. The molecule has 6 heteroatoms. The molecule has 1 aliphatic heterocycles. The Morgan fingerprint density at radius 3 is 2.65 bits per heavy atom. The van der Waals surface area contributed by atoms with Crippen LogP contribution < -0.4 is 16.7 Å². The number of nitrogens with one attached hydrogen (secondary N) is 3. The molecule has 2 aromatic rings. The first-order valence-corrected chi connectivity index (χ1v) is 5.52. The first-order valence-electron chi connectivity index (χ1n) is 5.52. The third kappa shape index (κ3) is 1.57. The van der Waals surface area contributed by atoms with Gasteiger partial charge in [-0.2, -0.15) is 0 Å².